The minimum Gasteiger partial charge on any atom is -0.292 e. The molecule has 0 aromatic heterocycles. The number of rotatable bonds is 3. The van der Waals surface area contributed by atoms with E-state index in [9.17, 15) is 4.79 Å². The third-order valence-electron chi connectivity index (χ3n) is 4.02. The van der Waals surface area contributed by atoms with E-state index in [1.807, 2.05) is 26.0 Å². The molecule has 0 N–H and O–H groups in total. The molecule has 0 amide bonds. The van der Waals surface area contributed by atoms with Crippen LogP contribution in [0, 0.1) is 31.8 Å². The van der Waals surface area contributed by atoms with E-state index < -0.39 is 5.97 Å². The van der Waals surface area contributed by atoms with Crippen molar-refractivity contribution in [3.05, 3.63) is 41.0 Å². The van der Waals surface area contributed by atoms with Gasteiger partial charge in [0.25, 0.3) is 0 Å². The SMILES string of the molecule is Cc1ccc(C(=O)OO[C]2CCC(C)CC2C)c(C)c1. The van der Waals surface area contributed by atoms with Gasteiger partial charge in [-0.1, -0.05) is 31.5 Å². The van der Waals surface area contributed by atoms with Crippen molar-refractivity contribution < 1.29 is 14.6 Å². The molecular formula is C17H23O3. The summed E-state index contributed by atoms with van der Waals surface area (Å²) in [5.41, 5.74) is 2.60. The molecule has 1 aliphatic carbocycles. The highest BCUT2D eigenvalue weighted by Crippen LogP contribution is 2.35. The lowest BCUT2D eigenvalue weighted by atomic mass is 9.81. The third-order valence-corrected chi connectivity index (χ3v) is 4.02. The molecule has 2 rings (SSSR count). The quantitative estimate of drug-likeness (QED) is 0.606. The summed E-state index contributed by atoms with van der Waals surface area (Å²) in [5, 5.41) is 0. The molecule has 2 unspecified atom stereocenters. The molecule has 0 heterocycles. The first-order valence-electron chi connectivity index (χ1n) is 7.29. The van der Waals surface area contributed by atoms with Crippen LogP contribution in [-0.2, 0) is 9.78 Å². The van der Waals surface area contributed by atoms with Gasteiger partial charge in [0.1, 0.15) is 0 Å². The van der Waals surface area contributed by atoms with Crippen LogP contribution in [0.1, 0.15) is 54.6 Å². The van der Waals surface area contributed by atoms with Gasteiger partial charge < -0.3 is 0 Å². The van der Waals surface area contributed by atoms with E-state index in [0.717, 1.165) is 36.5 Å². The average molecular weight is 275 g/mol. The van der Waals surface area contributed by atoms with Crippen LogP contribution in [0.4, 0.5) is 0 Å². The van der Waals surface area contributed by atoms with E-state index in [0.29, 0.717) is 17.4 Å². The van der Waals surface area contributed by atoms with Crippen LogP contribution in [0.5, 0.6) is 0 Å². The average Bonchev–Trinajstić information content (AvgIpc) is 2.37. The molecule has 1 fully saturated rings. The van der Waals surface area contributed by atoms with Crippen molar-refractivity contribution in [2.75, 3.05) is 0 Å². The molecule has 0 saturated heterocycles. The molecule has 0 aliphatic heterocycles. The normalized spacial score (nSPS) is 23.6. The fourth-order valence-electron chi connectivity index (χ4n) is 2.79. The maximum Gasteiger partial charge on any atom is 0.373 e. The summed E-state index contributed by atoms with van der Waals surface area (Å²) in [6.45, 7) is 8.27. The Kier molecular flexibility index (Phi) is 4.81. The van der Waals surface area contributed by atoms with Crippen LogP contribution in [0.3, 0.4) is 0 Å². The van der Waals surface area contributed by atoms with Gasteiger partial charge in [0, 0.05) is 0 Å². The standard InChI is InChI=1S/C17H23O3/c1-11-5-7-15(13(3)9-11)17(18)20-19-16-8-6-12(2)10-14(16)4/h5,7,9,12,14H,6,8,10H2,1-4H3. The predicted molar refractivity (Wildman–Crippen MR) is 77.8 cm³/mol. The Morgan fingerprint density at radius 2 is 2.00 bits per heavy atom. The second kappa shape index (κ2) is 6.40. The van der Waals surface area contributed by atoms with Gasteiger partial charge in [-0.2, -0.15) is 4.89 Å². The Balaban J connectivity index is 1.92. The highest BCUT2D eigenvalue weighted by molar-refractivity contribution is 5.90. The van der Waals surface area contributed by atoms with E-state index in [4.69, 9.17) is 9.78 Å². The van der Waals surface area contributed by atoms with Gasteiger partial charge in [0.2, 0.25) is 0 Å². The Morgan fingerprint density at radius 3 is 2.65 bits per heavy atom. The Bertz CT molecular complexity index is 481. The first-order valence-corrected chi connectivity index (χ1v) is 7.29. The van der Waals surface area contributed by atoms with Gasteiger partial charge in [0.15, 0.2) is 6.10 Å². The van der Waals surface area contributed by atoms with E-state index in [-0.39, 0.29) is 0 Å². The van der Waals surface area contributed by atoms with Gasteiger partial charge in [-0.15, -0.1) is 0 Å². The number of aryl methyl sites for hydroxylation is 2. The lowest BCUT2D eigenvalue weighted by molar-refractivity contribution is -0.247. The molecule has 1 aliphatic rings. The molecule has 0 bridgehead atoms. The molecule has 1 radical (unpaired) electrons. The molecule has 1 saturated carbocycles. The van der Waals surface area contributed by atoms with E-state index >= 15 is 0 Å². The zero-order valence-electron chi connectivity index (χ0n) is 12.7. The van der Waals surface area contributed by atoms with Crippen molar-refractivity contribution in [3.8, 4) is 0 Å². The van der Waals surface area contributed by atoms with E-state index in [1.165, 1.54) is 0 Å². The van der Waals surface area contributed by atoms with Crippen LogP contribution >= 0.6 is 0 Å². The highest BCUT2D eigenvalue weighted by atomic mass is 17.2. The number of hydrogen-bond donors (Lipinski definition) is 0. The number of benzene rings is 1. The molecule has 1 aromatic carbocycles. The number of hydrogen-bond acceptors (Lipinski definition) is 3. The summed E-state index contributed by atoms with van der Waals surface area (Å²) in [4.78, 5) is 22.4. The van der Waals surface area contributed by atoms with Crippen molar-refractivity contribution in [2.45, 2.75) is 47.0 Å². The van der Waals surface area contributed by atoms with Gasteiger partial charge >= 0.3 is 5.97 Å². The number of carbonyl (C=O) groups excluding carboxylic acids is 1. The van der Waals surface area contributed by atoms with Crippen LogP contribution in [0.15, 0.2) is 18.2 Å². The Labute approximate surface area is 121 Å². The maximum atomic E-state index is 12.0. The van der Waals surface area contributed by atoms with Crippen molar-refractivity contribution in [3.63, 3.8) is 0 Å². The largest absolute Gasteiger partial charge is 0.373 e. The first-order chi connectivity index (χ1) is 9.47. The molecule has 3 heteroatoms. The summed E-state index contributed by atoms with van der Waals surface area (Å²) in [7, 11) is 0. The molecular weight excluding hydrogens is 252 g/mol. The minimum atomic E-state index is -0.416. The van der Waals surface area contributed by atoms with Crippen molar-refractivity contribution in [1.82, 2.24) is 0 Å². The van der Waals surface area contributed by atoms with Crippen LogP contribution in [0.2, 0.25) is 0 Å². The lowest BCUT2D eigenvalue weighted by Crippen LogP contribution is -2.23. The fourth-order valence-corrected chi connectivity index (χ4v) is 2.79. The summed E-state index contributed by atoms with van der Waals surface area (Å²) in [6.07, 6.45) is 3.96. The topological polar surface area (TPSA) is 35.5 Å². The van der Waals surface area contributed by atoms with Crippen molar-refractivity contribution in [2.24, 2.45) is 11.8 Å². The molecule has 109 valence electrons. The molecule has 0 spiro atoms. The maximum absolute atomic E-state index is 12.0. The molecule has 3 nitrogen and oxygen atoms in total. The van der Waals surface area contributed by atoms with E-state index in [1.54, 1.807) is 6.07 Å². The Hall–Kier alpha value is -1.35. The molecule has 1 aromatic rings. The second-order valence-electron chi connectivity index (χ2n) is 6.02. The summed E-state index contributed by atoms with van der Waals surface area (Å²) >= 11 is 0. The summed E-state index contributed by atoms with van der Waals surface area (Å²) < 4.78 is 0. The minimum absolute atomic E-state index is 0.352. The second-order valence-corrected chi connectivity index (χ2v) is 6.02. The zero-order valence-corrected chi connectivity index (χ0v) is 12.7. The summed E-state index contributed by atoms with van der Waals surface area (Å²) in [5.74, 6) is 0.652. The van der Waals surface area contributed by atoms with Gasteiger partial charge in [-0.05, 0) is 56.6 Å². The molecule has 20 heavy (non-hydrogen) atoms. The van der Waals surface area contributed by atoms with E-state index in [2.05, 4.69) is 13.8 Å². The zero-order chi connectivity index (χ0) is 14.7. The predicted octanol–water partition coefficient (Wildman–Crippen LogP) is 4.38. The number of carbonyl (C=O) groups is 1. The van der Waals surface area contributed by atoms with Crippen molar-refractivity contribution >= 4 is 5.97 Å². The van der Waals surface area contributed by atoms with Crippen LogP contribution in [0.25, 0.3) is 0 Å². The molecule has 2 atom stereocenters. The van der Waals surface area contributed by atoms with Crippen molar-refractivity contribution in [1.29, 1.82) is 0 Å². The smallest absolute Gasteiger partial charge is 0.292 e. The van der Waals surface area contributed by atoms with Gasteiger partial charge in [-0.3, -0.25) is 4.89 Å². The monoisotopic (exact) mass is 275 g/mol. The van der Waals surface area contributed by atoms with Crippen LogP contribution < -0.4 is 0 Å². The van der Waals surface area contributed by atoms with Gasteiger partial charge in [0.05, 0.1) is 5.56 Å². The highest BCUT2D eigenvalue weighted by Gasteiger charge is 2.29. The van der Waals surface area contributed by atoms with Crippen LogP contribution in [-0.4, -0.2) is 5.97 Å². The van der Waals surface area contributed by atoms with Gasteiger partial charge in [-0.25, -0.2) is 4.79 Å². The first kappa shape index (κ1) is 15.0. The summed E-state index contributed by atoms with van der Waals surface area (Å²) in [6, 6.07) is 5.66. The third kappa shape index (κ3) is 3.60. The fraction of sp³-hybridized carbons (Fsp3) is 0.529. The lowest BCUT2D eigenvalue weighted by Gasteiger charge is -2.29. The Morgan fingerprint density at radius 1 is 1.25 bits per heavy atom.